The maximum absolute atomic E-state index is 5.77. The Labute approximate surface area is 101 Å². The van der Waals surface area contributed by atoms with Gasteiger partial charge >= 0.3 is 0 Å². The van der Waals surface area contributed by atoms with E-state index in [2.05, 4.69) is 29.8 Å². The van der Waals surface area contributed by atoms with E-state index in [1.807, 2.05) is 24.2 Å². The molecule has 0 aromatic carbocycles. The molecule has 1 aromatic heterocycles. The van der Waals surface area contributed by atoms with Gasteiger partial charge in [-0.1, -0.05) is 6.92 Å². The van der Waals surface area contributed by atoms with Crippen molar-refractivity contribution in [2.45, 2.75) is 31.7 Å². The standard InChI is InChI=1S/C12H19N3S/c1-9-10(2)16-6-5-15(9)12-3-4-14-8-11(12)7-13/h3-4,8-10H,5-7,13H2,1-2H3. The second-order valence-electron chi connectivity index (χ2n) is 4.22. The lowest BCUT2D eigenvalue weighted by Crippen LogP contribution is -2.45. The third-order valence-corrected chi connectivity index (χ3v) is 4.63. The summed E-state index contributed by atoms with van der Waals surface area (Å²) in [5.74, 6) is 1.19. The number of aromatic nitrogens is 1. The second-order valence-corrected chi connectivity index (χ2v) is 5.70. The minimum Gasteiger partial charge on any atom is -0.367 e. The minimum absolute atomic E-state index is 0.562. The van der Waals surface area contributed by atoms with Crippen LogP contribution in [0.15, 0.2) is 18.5 Å². The Morgan fingerprint density at radius 2 is 2.38 bits per heavy atom. The van der Waals surface area contributed by atoms with Gasteiger partial charge in [-0.2, -0.15) is 11.8 Å². The predicted molar refractivity (Wildman–Crippen MR) is 70.9 cm³/mol. The molecule has 2 N–H and O–H groups in total. The van der Waals surface area contributed by atoms with Crippen LogP contribution in [0.25, 0.3) is 0 Å². The zero-order valence-electron chi connectivity index (χ0n) is 9.89. The summed E-state index contributed by atoms with van der Waals surface area (Å²) in [4.78, 5) is 6.61. The molecule has 0 radical (unpaired) electrons. The summed E-state index contributed by atoms with van der Waals surface area (Å²) >= 11 is 2.05. The molecule has 0 spiro atoms. The predicted octanol–water partition coefficient (Wildman–Crippen LogP) is 1.87. The molecule has 4 heteroatoms. The Bertz CT molecular complexity index is 356. The summed E-state index contributed by atoms with van der Waals surface area (Å²) in [7, 11) is 0. The van der Waals surface area contributed by atoms with Crippen LogP contribution < -0.4 is 10.6 Å². The molecule has 2 atom stereocenters. The van der Waals surface area contributed by atoms with Crippen molar-refractivity contribution in [2.75, 3.05) is 17.2 Å². The van der Waals surface area contributed by atoms with Crippen molar-refractivity contribution < 1.29 is 0 Å². The van der Waals surface area contributed by atoms with Crippen LogP contribution in [0.1, 0.15) is 19.4 Å². The van der Waals surface area contributed by atoms with Crippen LogP contribution in [0.4, 0.5) is 5.69 Å². The van der Waals surface area contributed by atoms with Crippen LogP contribution in [0.3, 0.4) is 0 Å². The first-order valence-corrected chi connectivity index (χ1v) is 6.80. The lowest BCUT2D eigenvalue weighted by atomic mass is 10.1. The molecule has 2 heterocycles. The molecule has 16 heavy (non-hydrogen) atoms. The largest absolute Gasteiger partial charge is 0.367 e. The molecular weight excluding hydrogens is 218 g/mol. The van der Waals surface area contributed by atoms with Gasteiger partial charge in [-0.25, -0.2) is 0 Å². The molecule has 3 nitrogen and oxygen atoms in total. The highest BCUT2D eigenvalue weighted by Gasteiger charge is 2.26. The smallest absolute Gasteiger partial charge is 0.0445 e. The van der Waals surface area contributed by atoms with E-state index in [1.54, 1.807) is 0 Å². The number of nitrogens with zero attached hydrogens (tertiary/aromatic N) is 2. The fourth-order valence-electron chi connectivity index (χ4n) is 2.13. The van der Waals surface area contributed by atoms with Gasteiger partial charge in [-0.15, -0.1) is 0 Å². The Morgan fingerprint density at radius 1 is 1.56 bits per heavy atom. The topological polar surface area (TPSA) is 42.2 Å². The highest BCUT2D eigenvalue weighted by Crippen LogP contribution is 2.30. The van der Waals surface area contributed by atoms with Crippen molar-refractivity contribution in [2.24, 2.45) is 5.73 Å². The van der Waals surface area contributed by atoms with Crippen LogP contribution in [0.2, 0.25) is 0 Å². The van der Waals surface area contributed by atoms with Crippen molar-refractivity contribution in [3.05, 3.63) is 24.0 Å². The molecule has 1 aliphatic heterocycles. The Kier molecular flexibility index (Phi) is 3.71. The van der Waals surface area contributed by atoms with Gasteiger partial charge in [0, 0.05) is 53.8 Å². The lowest BCUT2D eigenvalue weighted by molar-refractivity contribution is 0.624. The zero-order valence-corrected chi connectivity index (χ0v) is 10.7. The molecule has 1 aromatic rings. The summed E-state index contributed by atoms with van der Waals surface area (Å²) in [6.45, 7) is 6.25. The molecule has 2 rings (SSSR count). The number of anilines is 1. The fourth-order valence-corrected chi connectivity index (χ4v) is 3.23. The number of nitrogens with two attached hydrogens (primary N) is 1. The van der Waals surface area contributed by atoms with E-state index in [-0.39, 0.29) is 0 Å². The first kappa shape index (κ1) is 11.7. The number of pyridine rings is 1. The van der Waals surface area contributed by atoms with Gasteiger partial charge in [0.05, 0.1) is 0 Å². The molecule has 1 fully saturated rings. The minimum atomic E-state index is 0.562. The fraction of sp³-hybridized carbons (Fsp3) is 0.583. The van der Waals surface area contributed by atoms with Crippen LogP contribution in [-0.2, 0) is 6.54 Å². The van der Waals surface area contributed by atoms with Gasteiger partial charge in [-0.05, 0) is 13.0 Å². The average molecular weight is 237 g/mol. The van der Waals surface area contributed by atoms with Crippen LogP contribution >= 0.6 is 11.8 Å². The molecule has 1 aliphatic rings. The molecule has 1 saturated heterocycles. The molecule has 0 amide bonds. The van der Waals surface area contributed by atoms with Gasteiger partial charge < -0.3 is 10.6 Å². The highest BCUT2D eigenvalue weighted by molar-refractivity contribution is 8.00. The Balaban J connectivity index is 2.28. The van der Waals surface area contributed by atoms with Gasteiger partial charge in [0.25, 0.3) is 0 Å². The lowest BCUT2D eigenvalue weighted by Gasteiger charge is -2.40. The van der Waals surface area contributed by atoms with Crippen molar-refractivity contribution in [1.29, 1.82) is 0 Å². The number of hydrogen-bond acceptors (Lipinski definition) is 4. The molecule has 0 saturated carbocycles. The van der Waals surface area contributed by atoms with E-state index >= 15 is 0 Å². The van der Waals surface area contributed by atoms with Crippen molar-refractivity contribution >= 4 is 17.4 Å². The first-order valence-electron chi connectivity index (χ1n) is 5.75. The average Bonchev–Trinajstić information content (AvgIpc) is 2.33. The molecule has 0 aliphatic carbocycles. The number of thioether (sulfide) groups is 1. The number of hydrogen-bond donors (Lipinski definition) is 1. The SMILES string of the molecule is CC1SCCN(c2ccncc2CN)C1C. The van der Waals surface area contributed by atoms with Gasteiger partial charge in [0.2, 0.25) is 0 Å². The van der Waals surface area contributed by atoms with Gasteiger partial charge in [0.1, 0.15) is 0 Å². The van der Waals surface area contributed by atoms with Crippen molar-refractivity contribution in [3.8, 4) is 0 Å². The summed E-state index contributed by atoms with van der Waals surface area (Å²) in [6, 6.07) is 2.65. The van der Waals surface area contributed by atoms with E-state index in [0.29, 0.717) is 17.8 Å². The molecular formula is C12H19N3S. The van der Waals surface area contributed by atoms with Gasteiger partial charge in [-0.3, -0.25) is 4.98 Å². The van der Waals surface area contributed by atoms with E-state index in [0.717, 1.165) is 12.1 Å². The van der Waals surface area contributed by atoms with E-state index < -0.39 is 0 Å². The van der Waals surface area contributed by atoms with Crippen LogP contribution in [0.5, 0.6) is 0 Å². The number of rotatable bonds is 2. The highest BCUT2D eigenvalue weighted by atomic mass is 32.2. The first-order chi connectivity index (χ1) is 7.74. The van der Waals surface area contributed by atoms with Crippen molar-refractivity contribution in [3.63, 3.8) is 0 Å². The molecule has 2 unspecified atom stereocenters. The van der Waals surface area contributed by atoms with Crippen LogP contribution in [-0.4, -0.2) is 28.6 Å². The zero-order chi connectivity index (χ0) is 11.5. The van der Waals surface area contributed by atoms with E-state index in [4.69, 9.17) is 5.73 Å². The summed E-state index contributed by atoms with van der Waals surface area (Å²) in [6.07, 6.45) is 3.74. The summed E-state index contributed by atoms with van der Waals surface area (Å²) in [5.41, 5.74) is 8.17. The third-order valence-electron chi connectivity index (χ3n) is 3.29. The monoisotopic (exact) mass is 237 g/mol. The maximum Gasteiger partial charge on any atom is 0.0445 e. The normalized spacial score (nSPS) is 25.8. The summed E-state index contributed by atoms with van der Waals surface area (Å²) in [5, 5.41) is 0.674. The molecule has 0 bridgehead atoms. The quantitative estimate of drug-likeness (QED) is 0.852. The molecule has 88 valence electrons. The Hall–Kier alpha value is -0.740. The second kappa shape index (κ2) is 5.06. The van der Waals surface area contributed by atoms with E-state index in [1.165, 1.54) is 11.4 Å². The Morgan fingerprint density at radius 3 is 3.12 bits per heavy atom. The van der Waals surface area contributed by atoms with Crippen LogP contribution in [0, 0.1) is 0 Å². The van der Waals surface area contributed by atoms with Crippen molar-refractivity contribution in [1.82, 2.24) is 4.98 Å². The maximum atomic E-state index is 5.77. The third kappa shape index (κ3) is 2.18. The van der Waals surface area contributed by atoms with Gasteiger partial charge in [0.15, 0.2) is 0 Å². The van der Waals surface area contributed by atoms with E-state index in [9.17, 15) is 0 Å². The summed E-state index contributed by atoms with van der Waals surface area (Å²) < 4.78 is 0.